The van der Waals surface area contributed by atoms with Gasteiger partial charge < -0.3 is 15.0 Å². The molecule has 0 unspecified atom stereocenters. The van der Waals surface area contributed by atoms with Gasteiger partial charge in [-0.2, -0.15) is 0 Å². The molecule has 0 fully saturated rings. The van der Waals surface area contributed by atoms with E-state index in [0.717, 1.165) is 23.1 Å². The number of nitrogens with zero attached hydrogens (tertiary/aromatic N) is 2. The lowest BCUT2D eigenvalue weighted by Gasteiger charge is -2.04. The third-order valence-corrected chi connectivity index (χ3v) is 2.41. The van der Waals surface area contributed by atoms with Crippen molar-refractivity contribution in [2.24, 2.45) is 7.05 Å². The summed E-state index contributed by atoms with van der Waals surface area (Å²) in [5.74, 6) is 1.39. The van der Waals surface area contributed by atoms with Crippen LogP contribution in [0.5, 0.6) is 5.88 Å². The molecule has 15 heavy (non-hydrogen) atoms. The number of aryl methyl sites for hydroxylation is 1. The first-order valence-electron chi connectivity index (χ1n) is 5.06. The Morgan fingerprint density at radius 2 is 2.33 bits per heavy atom. The van der Waals surface area contributed by atoms with Gasteiger partial charge in [0.1, 0.15) is 5.82 Å². The molecule has 0 saturated carbocycles. The van der Waals surface area contributed by atoms with Crippen LogP contribution >= 0.6 is 0 Å². The number of aromatic nitrogens is 2. The van der Waals surface area contributed by atoms with E-state index in [4.69, 9.17) is 10.5 Å². The molecule has 0 aliphatic carbocycles. The Morgan fingerprint density at radius 3 is 3.07 bits per heavy atom. The van der Waals surface area contributed by atoms with E-state index in [1.54, 1.807) is 6.20 Å². The van der Waals surface area contributed by atoms with Crippen LogP contribution in [-0.4, -0.2) is 16.2 Å². The van der Waals surface area contributed by atoms with Crippen molar-refractivity contribution < 1.29 is 4.74 Å². The topological polar surface area (TPSA) is 53.1 Å². The van der Waals surface area contributed by atoms with Crippen LogP contribution < -0.4 is 10.5 Å². The summed E-state index contributed by atoms with van der Waals surface area (Å²) in [5.41, 5.74) is 6.88. The number of fused-ring (bicyclic) bond motifs is 1. The normalized spacial score (nSPS) is 10.8. The smallest absolute Gasteiger partial charge is 0.222 e. The molecule has 0 spiro atoms. The number of pyridine rings is 1. The van der Waals surface area contributed by atoms with Crippen LogP contribution in [0.4, 0.5) is 5.82 Å². The first kappa shape index (κ1) is 9.83. The summed E-state index contributed by atoms with van der Waals surface area (Å²) in [6, 6.07) is 3.83. The number of rotatable bonds is 3. The van der Waals surface area contributed by atoms with Crippen LogP contribution in [0, 0.1) is 0 Å². The molecule has 2 aromatic rings. The first-order chi connectivity index (χ1) is 7.24. The second-order valence-corrected chi connectivity index (χ2v) is 3.53. The predicted octanol–water partition coefficient (Wildman–Crippen LogP) is 1.94. The predicted molar refractivity (Wildman–Crippen MR) is 60.9 cm³/mol. The van der Waals surface area contributed by atoms with Crippen LogP contribution in [0.1, 0.15) is 13.3 Å². The molecule has 0 bridgehead atoms. The van der Waals surface area contributed by atoms with Gasteiger partial charge in [-0.05, 0) is 18.6 Å². The summed E-state index contributed by atoms with van der Waals surface area (Å²) in [5, 5.41) is 0.978. The van der Waals surface area contributed by atoms with Crippen LogP contribution in [0.3, 0.4) is 0 Å². The van der Waals surface area contributed by atoms with E-state index >= 15 is 0 Å². The largest absolute Gasteiger partial charge is 0.477 e. The Labute approximate surface area is 88.7 Å². The molecular weight excluding hydrogens is 190 g/mol. The standard InChI is InChI=1S/C11H15N3O/c1-3-6-15-11-8-7-10(12)14(2)9(8)4-5-13-11/h4-5,7H,3,6,12H2,1-2H3. The van der Waals surface area contributed by atoms with Crippen molar-refractivity contribution in [2.45, 2.75) is 13.3 Å². The highest BCUT2D eigenvalue weighted by Gasteiger charge is 2.08. The summed E-state index contributed by atoms with van der Waals surface area (Å²) < 4.78 is 7.48. The molecule has 80 valence electrons. The van der Waals surface area contributed by atoms with Gasteiger partial charge in [0.05, 0.1) is 17.5 Å². The van der Waals surface area contributed by atoms with Gasteiger partial charge in [0, 0.05) is 13.2 Å². The minimum atomic E-state index is 0.668. The highest BCUT2D eigenvalue weighted by molar-refractivity contribution is 5.88. The Balaban J connectivity index is 2.51. The molecule has 2 N–H and O–H groups in total. The fraction of sp³-hybridized carbons (Fsp3) is 0.364. The molecule has 0 aliphatic rings. The van der Waals surface area contributed by atoms with E-state index in [1.165, 1.54) is 0 Å². The molecule has 0 aromatic carbocycles. The average molecular weight is 205 g/mol. The van der Waals surface area contributed by atoms with Crippen molar-refractivity contribution in [2.75, 3.05) is 12.3 Å². The van der Waals surface area contributed by atoms with Crippen molar-refractivity contribution in [3.63, 3.8) is 0 Å². The van der Waals surface area contributed by atoms with Gasteiger partial charge in [0.2, 0.25) is 5.88 Å². The summed E-state index contributed by atoms with van der Waals surface area (Å²) in [6.07, 6.45) is 2.72. The van der Waals surface area contributed by atoms with Crippen molar-refractivity contribution in [1.82, 2.24) is 9.55 Å². The fourth-order valence-corrected chi connectivity index (χ4v) is 1.57. The van der Waals surface area contributed by atoms with E-state index in [-0.39, 0.29) is 0 Å². The Hall–Kier alpha value is -1.71. The maximum atomic E-state index is 5.83. The Bertz CT molecular complexity index is 476. The van der Waals surface area contributed by atoms with Gasteiger partial charge in [-0.15, -0.1) is 0 Å². The van der Waals surface area contributed by atoms with Crippen molar-refractivity contribution in [3.05, 3.63) is 18.3 Å². The molecular formula is C11H15N3O. The van der Waals surface area contributed by atoms with E-state index in [2.05, 4.69) is 11.9 Å². The van der Waals surface area contributed by atoms with Crippen LogP contribution in [-0.2, 0) is 7.05 Å². The number of anilines is 1. The summed E-state index contributed by atoms with van der Waals surface area (Å²) in [6.45, 7) is 2.75. The van der Waals surface area contributed by atoms with Crippen LogP contribution in [0.2, 0.25) is 0 Å². The van der Waals surface area contributed by atoms with Crippen LogP contribution in [0.15, 0.2) is 18.3 Å². The Kier molecular flexibility index (Phi) is 2.49. The lowest BCUT2D eigenvalue weighted by atomic mass is 10.3. The molecule has 4 heteroatoms. The molecule has 2 heterocycles. The van der Waals surface area contributed by atoms with Gasteiger partial charge in [-0.1, -0.05) is 6.92 Å². The van der Waals surface area contributed by atoms with E-state index in [0.29, 0.717) is 12.5 Å². The van der Waals surface area contributed by atoms with Crippen molar-refractivity contribution in [1.29, 1.82) is 0 Å². The minimum absolute atomic E-state index is 0.668. The number of nitrogens with two attached hydrogens (primary N) is 1. The molecule has 0 saturated heterocycles. The molecule has 0 amide bonds. The maximum Gasteiger partial charge on any atom is 0.222 e. The lowest BCUT2D eigenvalue weighted by Crippen LogP contribution is -1.98. The third kappa shape index (κ3) is 1.63. The molecule has 0 aliphatic heterocycles. The first-order valence-corrected chi connectivity index (χ1v) is 5.06. The van der Waals surface area contributed by atoms with Gasteiger partial charge in [0.15, 0.2) is 0 Å². The lowest BCUT2D eigenvalue weighted by molar-refractivity contribution is 0.309. The van der Waals surface area contributed by atoms with E-state index < -0.39 is 0 Å². The second kappa shape index (κ2) is 3.81. The minimum Gasteiger partial charge on any atom is -0.477 e. The summed E-state index contributed by atoms with van der Waals surface area (Å²) in [4.78, 5) is 4.21. The zero-order chi connectivity index (χ0) is 10.8. The Morgan fingerprint density at radius 1 is 1.53 bits per heavy atom. The zero-order valence-corrected chi connectivity index (χ0v) is 9.03. The SMILES string of the molecule is CCCOc1nccc2c1cc(N)n2C. The molecule has 0 radical (unpaired) electrons. The molecule has 2 aromatic heterocycles. The summed E-state index contributed by atoms with van der Waals surface area (Å²) >= 11 is 0. The third-order valence-electron chi connectivity index (χ3n) is 2.41. The number of ether oxygens (including phenoxy) is 1. The van der Waals surface area contributed by atoms with Crippen molar-refractivity contribution >= 4 is 16.7 Å². The van der Waals surface area contributed by atoms with E-state index in [1.807, 2.05) is 23.7 Å². The van der Waals surface area contributed by atoms with Gasteiger partial charge in [-0.3, -0.25) is 0 Å². The van der Waals surface area contributed by atoms with Gasteiger partial charge in [0.25, 0.3) is 0 Å². The highest BCUT2D eigenvalue weighted by atomic mass is 16.5. The molecule has 2 rings (SSSR count). The molecule has 4 nitrogen and oxygen atoms in total. The highest BCUT2D eigenvalue weighted by Crippen LogP contribution is 2.27. The summed E-state index contributed by atoms with van der Waals surface area (Å²) in [7, 11) is 1.93. The fourth-order valence-electron chi connectivity index (χ4n) is 1.57. The quantitative estimate of drug-likeness (QED) is 0.833. The van der Waals surface area contributed by atoms with Gasteiger partial charge in [-0.25, -0.2) is 4.98 Å². The zero-order valence-electron chi connectivity index (χ0n) is 9.03. The van der Waals surface area contributed by atoms with E-state index in [9.17, 15) is 0 Å². The second-order valence-electron chi connectivity index (χ2n) is 3.53. The van der Waals surface area contributed by atoms with Crippen molar-refractivity contribution in [3.8, 4) is 5.88 Å². The molecule has 0 atom stereocenters. The number of hydrogen-bond donors (Lipinski definition) is 1. The van der Waals surface area contributed by atoms with Crippen LogP contribution in [0.25, 0.3) is 10.9 Å². The number of hydrogen-bond acceptors (Lipinski definition) is 3. The average Bonchev–Trinajstić information content (AvgIpc) is 2.53. The number of nitrogen functional groups attached to an aromatic ring is 1. The maximum absolute atomic E-state index is 5.83. The monoisotopic (exact) mass is 205 g/mol. The van der Waals surface area contributed by atoms with Gasteiger partial charge >= 0.3 is 0 Å².